The first kappa shape index (κ1) is 21.4. The third-order valence-corrected chi connectivity index (χ3v) is 7.74. The fraction of sp³-hybridized carbons (Fsp3) is 0.682. The average molecular weight is 459 g/mol. The van der Waals surface area contributed by atoms with Crippen molar-refractivity contribution < 1.29 is 9.59 Å². The lowest BCUT2D eigenvalue weighted by atomic mass is 9.95. The standard InChI is InChI=1S/C22H30N6O3S/c29-17(24-15-6-2-1-3-7-15)12-28-13-23-19-18(21(28)31)32-22(26-19)27-10-4-5-14(11-27)20(30)25-16-8-9-16/h13-16H,1-12H2,(H,24,29)(H,25,30)/t14-/m1/s1. The normalized spacial score (nSPS) is 22.1. The van der Waals surface area contributed by atoms with Gasteiger partial charge in [0, 0.05) is 25.2 Å². The zero-order valence-corrected chi connectivity index (χ0v) is 19.0. The van der Waals surface area contributed by atoms with E-state index in [2.05, 4.69) is 25.5 Å². The third-order valence-electron chi connectivity index (χ3n) is 6.64. The number of anilines is 1. The minimum atomic E-state index is -0.238. The molecule has 1 atom stereocenters. The highest BCUT2D eigenvalue weighted by Crippen LogP contribution is 2.30. The van der Waals surface area contributed by atoms with Gasteiger partial charge in [0.05, 0.1) is 5.92 Å². The first-order valence-electron chi connectivity index (χ1n) is 11.8. The van der Waals surface area contributed by atoms with Gasteiger partial charge in [-0.2, -0.15) is 4.98 Å². The quantitative estimate of drug-likeness (QED) is 0.683. The van der Waals surface area contributed by atoms with Crippen LogP contribution in [0.1, 0.15) is 57.8 Å². The number of hydrogen-bond acceptors (Lipinski definition) is 7. The van der Waals surface area contributed by atoms with Gasteiger partial charge in [-0.15, -0.1) is 0 Å². The SMILES string of the molecule is O=C(Cn1cnc2nc(N3CCC[C@@H](C(=O)NC4CC4)C3)sc2c1=O)NC1CCCCC1. The topological polar surface area (TPSA) is 109 Å². The number of aromatic nitrogens is 3. The Balaban J connectivity index is 1.27. The van der Waals surface area contributed by atoms with Gasteiger partial charge >= 0.3 is 0 Å². The molecule has 2 saturated carbocycles. The summed E-state index contributed by atoms with van der Waals surface area (Å²) in [6.07, 6.45) is 10.9. The fourth-order valence-electron chi connectivity index (χ4n) is 4.67. The summed E-state index contributed by atoms with van der Waals surface area (Å²) < 4.78 is 1.82. The van der Waals surface area contributed by atoms with Crippen molar-refractivity contribution in [1.29, 1.82) is 0 Å². The highest BCUT2D eigenvalue weighted by atomic mass is 32.1. The Kier molecular flexibility index (Phi) is 6.12. The molecule has 0 unspecified atom stereocenters. The van der Waals surface area contributed by atoms with Crippen molar-refractivity contribution in [3.05, 3.63) is 16.7 Å². The zero-order chi connectivity index (χ0) is 22.1. The van der Waals surface area contributed by atoms with Crippen LogP contribution >= 0.6 is 11.3 Å². The van der Waals surface area contributed by atoms with Crippen LogP contribution in [0.3, 0.4) is 0 Å². The lowest BCUT2D eigenvalue weighted by molar-refractivity contribution is -0.125. The predicted molar refractivity (Wildman–Crippen MR) is 123 cm³/mol. The zero-order valence-electron chi connectivity index (χ0n) is 18.2. The van der Waals surface area contributed by atoms with Crippen LogP contribution in [0.25, 0.3) is 10.3 Å². The van der Waals surface area contributed by atoms with Crippen molar-refractivity contribution in [2.45, 2.75) is 76.4 Å². The van der Waals surface area contributed by atoms with Crippen molar-refractivity contribution >= 4 is 38.6 Å². The summed E-state index contributed by atoms with van der Waals surface area (Å²) in [6, 6.07) is 0.570. The monoisotopic (exact) mass is 458 g/mol. The smallest absolute Gasteiger partial charge is 0.273 e. The van der Waals surface area contributed by atoms with E-state index in [1.165, 1.54) is 28.7 Å². The van der Waals surface area contributed by atoms with Gasteiger partial charge in [0.1, 0.15) is 17.6 Å². The van der Waals surface area contributed by atoms with Gasteiger partial charge < -0.3 is 15.5 Å². The molecule has 1 saturated heterocycles. The van der Waals surface area contributed by atoms with Gasteiger partial charge in [-0.05, 0) is 38.5 Å². The van der Waals surface area contributed by atoms with Crippen molar-refractivity contribution in [3.63, 3.8) is 0 Å². The van der Waals surface area contributed by atoms with Gasteiger partial charge in [-0.25, -0.2) is 4.98 Å². The number of carbonyl (C=O) groups is 2. The summed E-state index contributed by atoms with van der Waals surface area (Å²) in [5.41, 5.74) is 0.168. The lowest BCUT2D eigenvalue weighted by Gasteiger charge is -2.31. The van der Waals surface area contributed by atoms with Crippen molar-refractivity contribution in [1.82, 2.24) is 25.2 Å². The number of piperidine rings is 1. The maximum atomic E-state index is 13.0. The number of hydrogen-bond donors (Lipinski definition) is 2. The molecule has 3 fully saturated rings. The first-order valence-corrected chi connectivity index (χ1v) is 12.6. The van der Waals surface area contributed by atoms with E-state index in [4.69, 9.17) is 0 Å². The molecule has 3 heterocycles. The number of nitrogens with one attached hydrogen (secondary N) is 2. The Morgan fingerprint density at radius 2 is 1.81 bits per heavy atom. The van der Waals surface area contributed by atoms with Crippen molar-refractivity contribution in [2.75, 3.05) is 18.0 Å². The van der Waals surface area contributed by atoms with E-state index >= 15 is 0 Å². The second kappa shape index (κ2) is 9.17. The molecule has 32 heavy (non-hydrogen) atoms. The third kappa shape index (κ3) is 4.79. The molecule has 2 aromatic rings. The molecular weight excluding hydrogens is 428 g/mol. The van der Waals surface area contributed by atoms with E-state index in [-0.39, 0.29) is 35.9 Å². The largest absolute Gasteiger partial charge is 0.353 e. The van der Waals surface area contributed by atoms with Crippen LogP contribution in [0.5, 0.6) is 0 Å². The second-order valence-electron chi connectivity index (χ2n) is 9.30. The molecule has 1 aliphatic heterocycles. The Bertz CT molecular complexity index is 1060. The Morgan fingerprint density at radius 1 is 1.03 bits per heavy atom. The van der Waals surface area contributed by atoms with Crippen LogP contribution in [0, 0.1) is 5.92 Å². The van der Waals surface area contributed by atoms with Crippen molar-refractivity contribution in [3.8, 4) is 0 Å². The first-order chi connectivity index (χ1) is 15.6. The Labute approximate surface area is 190 Å². The highest BCUT2D eigenvalue weighted by Gasteiger charge is 2.31. The molecule has 0 radical (unpaired) electrons. The Morgan fingerprint density at radius 3 is 2.59 bits per heavy atom. The van der Waals surface area contributed by atoms with Crippen molar-refractivity contribution in [2.24, 2.45) is 5.92 Å². The Hall–Kier alpha value is -2.49. The molecule has 2 aromatic heterocycles. The summed E-state index contributed by atoms with van der Waals surface area (Å²) in [5, 5.41) is 6.87. The van der Waals surface area contributed by atoms with Crippen LogP contribution in [-0.2, 0) is 16.1 Å². The summed E-state index contributed by atoms with van der Waals surface area (Å²) >= 11 is 1.30. The molecule has 3 aliphatic rings. The van der Waals surface area contributed by atoms with Crippen LogP contribution in [-0.4, -0.2) is 51.5 Å². The molecule has 2 amide bonds. The second-order valence-corrected chi connectivity index (χ2v) is 10.3. The molecule has 172 valence electrons. The number of nitrogens with zero attached hydrogens (tertiary/aromatic N) is 4. The van der Waals surface area contributed by atoms with Crippen LogP contribution in [0.2, 0.25) is 0 Å². The average Bonchev–Trinajstić information content (AvgIpc) is 3.51. The molecule has 0 spiro atoms. The molecular formula is C22H30N6O3S. The van der Waals surface area contributed by atoms with Gasteiger partial charge in [-0.1, -0.05) is 30.6 Å². The summed E-state index contributed by atoms with van der Waals surface area (Å²) in [4.78, 5) is 48.9. The molecule has 2 aliphatic carbocycles. The predicted octanol–water partition coefficient (Wildman–Crippen LogP) is 1.80. The van der Waals surface area contributed by atoms with E-state index in [0.717, 1.165) is 63.0 Å². The summed E-state index contributed by atoms with van der Waals surface area (Å²) in [7, 11) is 0. The number of amides is 2. The minimum Gasteiger partial charge on any atom is -0.353 e. The molecule has 2 N–H and O–H groups in total. The van der Waals surface area contributed by atoms with Crippen LogP contribution in [0.15, 0.2) is 11.1 Å². The van der Waals surface area contributed by atoms with E-state index in [0.29, 0.717) is 22.9 Å². The maximum Gasteiger partial charge on any atom is 0.273 e. The molecule has 5 rings (SSSR count). The van der Waals surface area contributed by atoms with E-state index < -0.39 is 0 Å². The number of fused-ring (bicyclic) bond motifs is 1. The molecule has 10 heteroatoms. The van der Waals surface area contributed by atoms with Gasteiger partial charge in [-0.3, -0.25) is 19.0 Å². The highest BCUT2D eigenvalue weighted by molar-refractivity contribution is 7.22. The lowest BCUT2D eigenvalue weighted by Crippen LogP contribution is -2.43. The number of carbonyl (C=O) groups excluding carboxylic acids is 2. The maximum absolute atomic E-state index is 13.0. The number of thiazole rings is 1. The van der Waals surface area contributed by atoms with Gasteiger partial charge in [0.15, 0.2) is 10.8 Å². The number of rotatable bonds is 6. The van der Waals surface area contributed by atoms with E-state index in [1.54, 1.807) is 0 Å². The molecule has 0 aromatic carbocycles. The molecule has 9 nitrogen and oxygen atoms in total. The summed E-state index contributed by atoms with van der Waals surface area (Å²) in [6.45, 7) is 1.39. The molecule has 0 bridgehead atoms. The van der Waals surface area contributed by atoms with Crippen LogP contribution in [0.4, 0.5) is 5.13 Å². The van der Waals surface area contributed by atoms with E-state index in [1.807, 2.05) is 0 Å². The van der Waals surface area contributed by atoms with Crippen LogP contribution < -0.4 is 21.1 Å². The van der Waals surface area contributed by atoms with Gasteiger partial charge in [0.25, 0.3) is 5.56 Å². The fourth-order valence-corrected chi connectivity index (χ4v) is 5.67. The minimum absolute atomic E-state index is 0.0291. The van der Waals surface area contributed by atoms with E-state index in [9.17, 15) is 14.4 Å². The van der Waals surface area contributed by atoms with Gasteiger partial charge in [0.2, 0.25) is 11.8 Å². The summed E-state index contributed by atoms with van der Waals surface area (Å²) in [5.74, 6) is -0.0716.